The number of aryl methyl sites for hydroxylation is 1. The van der Waals surface area contributed by atoms with Crippen molar-refractivity contribution in [3.05, 3.63) is 35.0 Å². The average molecular weight is 210 g/mol. The fourth-order valence-electron chi connectivity index (χ4n) is 1.74. The lowest BCUT2D eigenvalue weighted by Gasteiger charge is -2.05. The molecule has 1 N–H and O–H groups in total. The Morgan fingerprint density at radius 1 is 1.36 bits per heavy atom. The lowest BCUT2D eigenvalue weighted by molar-refractivity contribution is 0.191. The second kappa shape index (κ2) is 3.30. The second-order valence-electron chi connectivity index (χ2n) is 3.51. The van der Waals surface area contributed by atoms with E-state index >= 15 is 0 Å². The molecular formula is C11H12ClNO. The number of nitrogens with zero attached hydrogens (tertiary/aromatic N) is 1. The molecule has 2 aromatic rings. The maximum atomic E-state index is 9.52. The van der Waals surface area contributed by atoms with Gasteiger partial charge >= 0.3 is 0 Å². The van der Waals surface area contributed by atoms with E-state index < -0.39 is 6.10 Å². The third-order valence-electron chi connectivity index (χ3n) is 2.47. The molecule has 74 valence electrons. The van der Waals surface area contributed by atoms with E-state index in [1.54, 1.807) is 6.92 Å². The van der Waals surface area contributed by atoms with Crippen LogP contribution in [0.5, 0.6) is 0 Å². The van der Waals surface area contributed by atoms with Gasteiger partial charge < -0.3 is 9.67 Å². The van der Waals surface area contributed by atoms with Gasteiger partial charge in [0.15, 0.2) is 0 Å². The van der Waals surface area contributed by atoms with Gasteiger partial charge in [-0.25, -0.2) is 0 Å². The third-order valence-corrected chi connectivity index (χ3v) is 2.70. The normalized spacial score (nSPS) is 13.4. The smallest absolute Gasteiger partial charge is 0.0912 e. The van der Waals surface area contributed by atoms with Gasteiger partial charge in [-0.2, -0.15) is 0 Å². The Morgan fingerprint density at radius 2 is 2.07 bits per heavy atom. The lowest BCUT2D eigenvalue weighted by Crippen LogP contribution is -1.99. The minimum atomic E-state index is -0.453. The standard InChI is InChI=1S/C11H12ClNO/c1-7(14)11-6-8-5-9(12)3-4-10(8)13(11)2/h3-7,14H,1-2H3. The molecule has 0 radical (unpaired) electrons. The summed E-state index contributed by atoms with van der Waals surface area (Å²) < 4.78 is 1.98. The Balaban J connectivity index is 2.73. The molecule has 0 saturated carbocycles. The molecule has 1 aromatic carbocycles. The van der Waals surface area contributed by atoms with Crippen LogP contribution in [0.3, 0.4) is 0 Å². The molecule has 3 heteroatoms. The molecule has 0 saturated heterocycles. The van der Waals surface area contributed by atoms with Gasteiger partial charge in [0.1, 0.15) is 0 Å². The highest BCUT2D eigenvalue weighted by Crippen LogP contribution is 2.25. The summed E-state index contributed by atoms with van der Waals surface area (Å²) in [6.45, 7) is 1.76. The van der Waals surface area contributed by atoms with Crippen molar-refractivity contribution in [1.29, 1.82) is 0 Å². The fourth-order valence-corrected chi connectivity index (χ4v) is 1.92. The van der Waals surface area contributed by atoms with Crippen LogP contribution in [0, 0.1) is 0 Å². The average Bonchev–Trinajstić information content (AvgIpc) is 2.43. The van der Waals surface area contributed by atoms with Gasteiger partial charge in [0, 0.05) is 28.7 Å². The number of aromatic nitrogens is 1. The quantitative estimate of drug-likeness (QED) is 0.768. The Bertz CT molecular complexity index is 473. The van der Waals surface area contributed by atoms with Gasteiger partial charge in [0.05, 0.1) is 6.10 Å². The van der Waals surface area contributed by atoms with Crippen molar-refractivity contribution in [2.75, 3.05) is 0 Å². The van der Waals surface area contributed by atoms with Crippen LogP contribution < -0.4 is 0 Å². The van der Waals surface area contributed by atoms with Crippen molar-refractivity contribution < 1.29 is 5.11 Å². The van der Waals surface area contributed by atoms with Crippen LogP contribution in [-0.4, -0.2) is 9.67 Å². The Morgan fingerprint density at radius 3 is 2.71 bits per heavy atom. The molecule has 2 rings (SSSR count). The fraction of sp³-hybridized carbons (Fsp3) is 0.273. The zero-order valence-electron chi connectivity index (χ0n) is 8.16. The topological polar surface area (TPSA) is 25.2 Å². The highest BCUT2D eigenvalue weighted by Gasteiger charge is 2.09. The predicted molar refractivity (Wildman–Crippen MR) is 58.6 cm³/mol. The number of benzene rings is 1. The summed E-state index contributed by atoms with van der Waals surface area (Å²) in [6.07, 6.45) is -0.453. The number of rotatable bonds is 1. The van der Waals surface area contributed by atoms with Crippen LogP contribution in [0.4, 0.5) is 0 Å². The largest absolute Gasteiger partial charge is 0.387 e. The second-order valence-corrected chi connectivity index (χ2v) is 3.94. The molecule has 1 heterocycles. The van der Waals surface area contributed by atoms with Crippen molar-refractivity contribution in [2.24, 2.45) is 7.05 Å². The first-order chi connectivity index (χ1) is 6.59. The van der Waals surface area contributed by atoms with Crippen LogP contribution in [0.25, 0.3) is 10.9 Å². The third kappa shape index (κ3) is 1.41. The first-order valence-electron chi connectivity index (χ1n) is 4.52. The van der Waals surface area contributed by atoms with Gasteiger partial charge in [0.25, 0.3) is 0 Å². The molecule has 1 aromatic heterocycles. The Hall–Kier alpha value is -0.990. The predicted octanol–water partition coefficient (Wildman–Crippen LogP) is 2.89. The number of halogens is 1. The van der Waals surface area contributed by atoms with Gasteiger partial charge in [-0.15, -0.1) is 0 Å². The monoisotopic (exact) mass is 209 g/mol. The number of aliphatic hydroxyl groups is 1. The lowest BCUT2D eigenvalue weighted by atomic mass is 10.2. The van der Waals surface area contributed by atoms with Crippen LogP contribution >= 0.6 is 11.6 Å². The number of hydrogen-bond acceptors (Lipinski definition) is 1. The molecule has 1 unspecified atom stereocenters. The first-order valence-corrected chi connectivity index (χ1v) is 4.90. The molecule has 1 atom stereocenters. The SMILES string of the molecule is CC(O)c1cc2cc(Cl)ccc2n1C. The van der Waals surface area contributed by atoms with E-state index in [4.69, 9.17) is 11.6 Å². The summed E-state index contributed by atoms with van der Waals surface area (Å²) in [5.74, 6) is 0. The molecule has 0 fully saturated rings. The highest BCUT2D eigenvalue weighted by atomic mass is 35.5. The summed E-state index contributed by atoms with van der Waals surface area (Å²) in [6, 6.07) is 7.69. The van der Waals surface area contributed by atoms with Crippen molar-refractivity contribution in [2.45, 2.75) is 13.0 Å². The van der Waals surface area contributed by atoms with Crippen molar-refractivity contribution >= 4 is 22.5 Å². The summed E-state index contributed by atoms with van der Waals surface area (Å²) >= 11 is 5.89. The summed E-state index contributed by atoms with van der Waals surface area (Å²) in [7, 11) is 1.94. The number of hydrogen-bond donors (Lipinski definition) is 1. The Labute approximate surface area is 87.7 Å². The van der Waals surface area contributed by atoms with Crippen LogP contribution in [0.1, 0.15) is 18.7 Å². The molecule has 0 aliphatic rings. The summed E-state index contributed by atoms with van der Waals surface area (Å²) in [5, 5.41) is 11.3. The van der Waals surface area contributed by atoms with E-state index in [9.17, 15) is 5.11 Å². The molecule has 2 nitrogen and oxygen atoms in total. The summed E-state index contributed by atoms with van der Waals surface area (Å²) in [5.41, 5.74) is 1.99. The summed E-state index contributed by atoms with van der Waals surface area (Å²) in [4.78, 5) is 0. The molecule has 0 aliphatic carbocycles. The molecule has 0 aliphatic heterocycles. The zero-order valence-corrected chi connectivity index (χ0v) is 8.92. The number of fused-ring (bicyclic) bond motifs is 1. The van der Waals surface area contributed by atoms with E-state index in [2.05, 4.69) is 0 Å². The highest BCUT2D eigenvalue weighted by molar-refractivity contribution is 6.31. The van der Waals surface area contributed by atoms with Crippen molar-refractivity contribution in [3.63, 3.8) is 0 Å². The van der Waals surface area contributed by atoms with Crippen LogP contribution in [0.2, 0.25) is 5.02 Å². The van der Waals surface area contributed by atoms with E-state index in [0.29, 0.717) is 0 Å². The zero-order chi connectivity index (χ0) is 10.3. The maximum absolute atomic E-state index is 9.52. The maximum Gasteiger partial charge on any atom is 0.0912 e. The van der Waals surface area contributed by atoms with Gasteiger partial charge in [0.2, 0.25) is 0 Å². The molecular weight excluding hydrogens is 198 g/mol. The molecule has 14 heavy (non-hydrogen) atoms. The van der Waals surface area contributed by atoms with Crippen molar-refractivity contribution in [3.8, 4) is 0 Å². The van der Waals surface area contributed by atoms with E-state index in [-0.39, 0.29) is 0 Å². The minimum Gasteiger partial charge on any atom is -0.387 e. The molecule has 0 spiro atoms. The molecule has 0 bridgehead atoms. The van der Waals surface area contributed by atoms with E-state index in [1.165, 1.54) is 0 Å². The van der Waals surface area contributed by atoms with Crippen LogP contribution in [-0.2, 0) is 7.05 Å². The van der Waals surface area contributed by atoms with Gasteiger partial charge in [-0.3, -0.25) is 0 Å². The van der Waals surface area contributed by atoms with E-state index in [1.807, 2.05) is 35.9 Å². The first kappa shape index (κ1) is 9.56. The Kier molecular flexibility index (Phi) is 2.25. The van der Waals surface area contributed by atoms with Gasteiger partial charge in [-0.05, 0) is 31.2 Å². The van der Waals surface area contributed by atoms with E-state index in [0.717, 1.165) is 21.6 Å². The van der Waals surface area contributed by atoms with Gasteiger partial charge in [-0.1, -0.05) is 11.6 Å². The number of aliphatic hydroxyl groups excluding tert-OH is 1. The molecule has 0 amide bonds. The van der Waals surface area contributed by atoms with Crippen molar-refractivity contribution in [1.82, 2.24) is 4.57 Å². The minimum absolute atomic E-state index is 0.453. The van der Waals surface area contributed by atoms with Crippen LogP contribution in [0.15, 0.2) is 24.3 Å².